The maximum Gasteiger partial charge on any atom is 0.191 e. The monoisotopic (exact) mass is 445 g/mol. The largest absolute Gasteiger partial charge is 0.467 e. The highest BCUT2D eigenvalue weighted by atomic mass is 127. The fourth-order valence-electron chi connectivity index (χ4n) is 1.87. The highest BCUT2D eigenvalue weighted by molar-refractivity contribution is 14.0. The maximum absolute atomic E-state index is 5.29. The SMILES string of the molecule is CCNC(=NCc1ccco1)NCCSc1ccc(C)cc1.I. The Kier molecular flexibility index (Phi) is 9.86. The number of nitrogens with zero attached hydrogens (tertiary/aromatic N) is 1. The van der Waals surface area contributed by atoms with Crippen LogP contribution < -0.4 is 10.6 Å². The Hall–Kier alpha value is -1.15. The Labute approximate surface area is 159 Å². The van der Waals surface area contributed by atoms with Crippen LogP contribution in [0.3, 0.4) is 0 Å². The van der Waals surface area contributed by atoms with Crippen LogP contribution in [-0.4, -0.2) is 24.8 Å². The van der Waals surface area contributed by atoms with Gasteiger partial charge in [-0.15, -0.1) is 35.7 Å². The molecule has 6 heteroatoms. The van der Waals surface area contributed by atoms with Crippen LogP contribution in [0.2, 0.25) is 0 Å². The summed E-state index contributed by atoms with van der Waals surface area (Å²) in [5, 5.41) is 6.58. The minimum Gasteiger partial charge on any atom is -0.467 e. The number of hydrogen-bond acceptors (Lipinski definition) is 3. The molecule has 0 aliphatic rings. The van der Waals surface area contributed by atoms with Gasteiger partial charge >= 0.3 is 0 Å². The van der Waals surface area contributed by atoms with Crippen molar-refractivity contribution in [3.05, 3.63) is 54.0 Å². The first kappa shape index (κ1) is 19.9. The third kappa shape index (κ3) is 7.78. The van der Waals surface area contributed by atoms with E-state index < -0.39 is 0 Å². The molecule has 1 aromatic carbocycles. The molecular formula is C17H24IN3OS. The second-order valence-corrected chi connectivity index (χ2v) is 6.03. The fourth-order valence-corrected chi connectivity index (χ4v) is 2.64. The van der Waals surface area contributed by atoms with Crippen LogP contribution in [0.25, 0.3) is 0 Å². The lowest BCUT2D eigenvalue weighted by atomic mass is 10.2. The molecule has 0 atom stereocenters. The van der Waals surface area contributed by atoms with Gasteiger partial charge in [-0.25, -0.2) is 4.99 Å². The van der Waals surface area contributed by atoms with E-state index in [0.717, 1.165) is 30.6 Å². The number of thioether (sulfide) groups is 1. The summed E-state index contributed by atoms with van der Waals surface area (Å²) in [5.74, 6) is 2.68. The minimum atomic E-state index is 0. The van der Waals surface area contributed by atoms with E-state index >= 15 is 0 Å². The molecule has 4 nitrogen and oxygen atoms in total. The lowest BCUT2D eigenvalue weighted by Gasteiger charge is -2.10. The Morgan fingerprint density at radius 1 is 1.17 bits per heavy atom. The number of furan rings is 1. The lowest BCUT2D eigenvalue weighted by Crippen LogP contribution is -2.38. The van der Waals surface area contributed by atoms with Gasteiger partial charge in [-0.05, 0) is 38.1 Å². The van der Waals surface area contributed by atoms with Crippen LogP contribution in [0.5, 0.6) is 0 Å². The molecule has 0 fully saturated rings. The smallest absolute Gasteiger partial charge is 0.191 e. The van der Waals surface area contributed by atoms with Crippen LogP contribution in [0.15, 0.2) is 57.0 Å². The molecule has 23 heavy (non-hydrogen) atoms. The van der Waals surface area contributed by atoms with Crippen molar-refractivity contribution < 1.29 is 4.42 Å². The van der Waals surface area contributed by atoms with Crippen molar-refractivity contribution >= 4 is 41.7 Å². The molecule has 0 unspecified atom stereocenters. The molecule has 2 rings (SSSR count). The van der Waals surface area contributed by atoms with Gasteiger partial charge < -0.3 is 15.1 Å². The summed E-state index contributed by atoms with van der Waals surface area (Å²) in [5.41, 5.74) is 1.29. The molecule has 0 bridgehead atoms. The van der Waals surface area contributed by atoms with Crippen molar-refractivity contribution in [2.75, 3.05) is 18.8 Å². The average Bonchev–Trinajstić information content (AvgIpc) is 3.04. The predicted molar refractivity (Wildman–Crippen MR) is 109 cm³/mol. The molecule has 0 radical (unpaired) electrons. The van der Waals surface area contributed by atoms with E-state index in [0.29, 0.717) is 6.54 Å². The standard InChI is InChI=1S/C17H23N3OS.HI/c1-3-18-17(20-13-15-5-4-11-21-15)19-10-12-22-16-8-6-14(2)7-9-16;/h4-9,11H,3,10,12-13H2,1-2H3,(H2,18,19,20);1H. The molecule has 0 aliphatic heterocycles. The molecule has 0 saturated carbocycles. The minimum absolute atomic E-state index is 0. The molecule has 126 valence electrons. The molecule has 2 N–H and O–H groups in total. The fraction of sp³-hybridized carbons (Fsp3) is 0.353. The van der Waals surface area contributed by atoms with Gasteiger partial charge in [-0.2, -0.15) is 0 Å². The Bertz CT molecular complexity index is 570. The molecule has 1 heterocycles. The quantitative estimate of drug-likeness (QED) is 0.222. The lowest BCUT2D eigenvalue weighted by molar-refractivity contribution is 0.512. The highest BCUT2D eigenvalue weighted by Gasteiger charge is 1.99. The zero-order valence-electron chi connectivity index (χ0n) is 13.5. The van der Waals surface area contributed by atoms with Crippen molar-refractivity contribution in [1.29, 1.82) is 0 Å². The predicted octanol–water partition coefficient (Wildman–Crippen LogP) is 4.05. The highest BCUT2D eigenvalue weighted by Crippen LogP contribution is 2.17. The van der Waals surface area contributed by atoms with Crippen molar-refractivity contribution in [1.82, 2.24) is 10.6 Å². The van der Waals surface area contributed by atoms with E-state index in [1.807, 2.05) is 23.9 Å². The van der Waals surface area contributed by atoms with E-state index in [1.54, 1.807) is 6.26 Å². The van der Waals surface area contributed by atoms with Crippen molar-refractivity contribution in [3.63, 3.8) is 0 Å². The van der Waals surface area contributed by atoms with E-state index in [2.05, 4.69) is 53.7 Å². The molecule has 0 amide bonds. The van der Waals surface area contributed by atoms with Gasteiger partial charge in [0.25, 0.3) is 0 Å². The third-order valence-corrected chi connectivity index (χ3v) is 4.02. The number of halogens is 1. The average molecular weight is 445 g/mol. The van der Waals surface area contributed by atoms with Crippen LogP contribution in [0.1, 0.15) is 18.2 Å². The molecule has 0 saturated heterocycles. The summed E-state index contributed by atoms with van der Waals surface area (Å²) in [7, 11) is 0. The molecule has 2 aromatic rings. The summed E-state index contributed by atoms with van der Waals surface area (Å²) in [6.07, 6.45) is 1.67. The number of hydrogen-bond donors (Lipinski definition) is 2. The Balaban J connectivity index is 0.00000264. The van der Waals surface area contributed by atoms with Crippen LogP contribution in [-0.2, 0) is 6.54 Å². The van der Waals surface area contributed by atoms with Crippen molar-refractivity contribution in [2.45, 2.75) is 25.3 Å². The van der Waals surface area contributed by atoms with Crippen LogP contribution in [0, 0.1) is 6.92 Å². The molecular weight excluding hydrogens is 421 g/mol. The Morgan fingerprint density at radius 2 is 1.96 bits per heavy atom. The maximum atomic E-state index is 5.29. The zero-order chi connectivity index (χ0) is 15.6. The normalized spacial score (nSPS) is 11.0. The second kappa shape index (κ2) is 11.4. The van der Waals surface area contributed by atoms with Gasteiger partial charge in [-0.3, -0.25) is 0 Å². The second-order valence-electron chi connectivity index (χ2n) is 4.86. The summed E-state index contributed by atoms with van der Waals surface area (Å²) in [4.78, 5) is 5.80. The number of nitrogens with one attached hydrogen (secondary N) is 2. The summed E-state index contributed by atoms with van der Waals surface area (Å²) < 4.78 is 5.29. The van der Waals surface area contributed by atoms with Crippen LogP contribution >= 0.6 is 35.7 Å². The molecule has 1 aromatic heterocycles. The van der Waals surface area contributed by atoms with Crippen molar-refractivity contribution in [2.24, 2.45) is 4.99 Å². The van der Waals surface area contributed by atoms with E-state index in [9.17, 15) is 0 Å². The van der Waals surface area contributed by atoms with Gasteiger partial charge in [0.1, 0.15) is 12.3 Å². The summed E-state index contributed by atoms with van der Waals surface area (Å²) >= 11 is 1.84. The zero-order valence-corrected chi connectivity index (χ0v) is 16.7. The van der Waals surface area contributed by atoms with E-state index in [4.69, 9.17) is 4.42 Å². The number of aliphatic imine (C=N–C) groups is 1. The van der Waals surface area contributed by atoms with Gasteiger partial charge in [0.2, 0.25) is 0 Å². The number of benzene rings is 1. The van der Waals surface area contributed by atoms with Gasteiger partial charge in [0.05, 0.1) is 6.26 Å². The summed E-state index contributed by atoms with van der Waals surface area (Å²) in [6.45, 7) is 6.42. The van der Waals surface area contributed by atoms with Gasteiger partial charge in [0.15, 0.2) is 5.96 Å². The molecule has 0 aliphatic carbocycles. The van der Waals surface area contributed by atoms with E-state index in [1.165, 1.54) is 10.5 Å². The van der Waals surface area contributed by atoms with E-state index in [-0.39, 0.29) is 24.0 Å². The van der Waals surface area contributed by atoms with Gasteiger partial charge in [0, 0.05) is 23.7 Å². The third-order valence-electron chi connectivity index (χ3n) is 3.00. The molecule has 0 spiro atoms. The topological polar surface area (TPSA) is 49.6 Å². The number of guanidine groups is 1. The first-order valence-corrected chi connectivity index (χ1v) is 8.50. The number of rotatable bonds is 7. The first-order valence-electron chi connectivity index (χ1n) is 7.52. The first-order chi connectivity index (χ1) is 10.8. The van der Waals surface area contributed by atoms with Crippen molar-refractivity contribution in [3.8, 4) is 0 Å². The van der Waals surface area contributed by atoms with Gasteiger partial charge in [-0.1, -0.05) is 17.7 Å². The summed E-state index contributed by atoms with van der Waals surface area (Å²) in [6, 6.07) is 12.4. The Morgan fingerprint density at radius 3 is 2.61 bits per heavy atom. The number of aryl methyl sites for hydroxylation is 1. The van der Waals surface area contributed by atoms with Crippen LogP contribution in [0.4, 0.5) is 0 Å².